The van der Waals surface area contributed by atoms with E-state index in [0.29, 0.717) is 47.2 Å². The summed E-state index contributed by atoms with van der Waals surface area (Å²) in [5.74, 6) is -0.927. The number of amides is 3. The molecule has 12 heteroatoms. The third-order valence-corrected chi connectivity index (χ3v) is 8.84. The van der Waals surface area contributed by atoms with Crippen LogP contribution in [0.15, 0.2) is 96.2 Å². The summed E-state index contributed by atoms with van der Waals surface area (Å²) in [4.78, 5) is 55.9. The summed E-state index contributed by atoms with van der Waals surface area (Å²) in [5, 5.41) is 2.71. The number of aromatic nitrogens is 2. The van der Waals surface area contributed by atoms with Gasteiger partial charge in [-0.2, -0.15) is 0 Å². The van der Waals surface area contributed by atoms with E-state index in [1.807, 2.05) is 37.3 Å². The zero-order valence-electron chi connectivity index (χ0n) is 25.0. The van der Waals surface area contributed by atoms with Crippen LogP contribution in [0.1, 0.15) is 40.6 Å². The molecule has 0 spiro atoms. The van der Waals surface area contributed by atoms with Crippen LogP contribution in [-0.2, 0) is 27.5 Å². The van der Waals surface area contributed by atoms with Crippen LogP contribution in [-0.4, -0.2) is 55.4 Å². The number of anilines is 1. The predicted octanol–water partition coefficient (Wildman–Crippen LogP) is 6.17. The number of likely N-dealkylation sites (tertiary alicyclic amines) is 1. The van der Waals surface area contributed by atoms with E-state index in [0.717, 1.165) is 11.3 Å². The van der Waals surface area contributed by atoms with Crippen molar-refractivity contribution in [3.63, 3.8) is 0 Å². The van der Waals surface area contributed by atoms with Crippen molar-refractivity contribution in [2.45, 2.75) is 44.2 Å². The Morgan fingerprint density at radius 2 is 1.85 bits per heavy atom. The third kappa shape index (κ3) is 7.23. The molecule has 0 saturated carbocycles. The van der Waals surface area contributed by atoms with Crippen LogP contribution in [0, 0.1) is 12.7 Å². The molecule has 2 aliphatic heterocycles. The van der Waals surface area contributed by atoms with Crippen molar-refractivity contribution in [1.82, 2.24) is 19.8 Å². The van der Waals surface area contributed by atoms with E-state index in [-0.39, 0.29) is 25.0 Å². The van der Waals surface area contributed by atoms with E-state index in [9.17, 15) is 18.8 Å². The smallest absolute Gasteiger partial charge is 0.410 e. The summed E-state index contributed by atoms with van der Waals surface area (Å²) >= 11 is 1.26. The second-order valence-corrected chi connectivity index (χ2v) is 12.0. The molecule has 1 unspecified atom stereocenters. The molecule has 3 aromatic carbocycles. The summed E-state index contributed by atoms with van der Waals surface area (Å²) in [6.07, 6.45) is 3.96. The van der Waals surface area contributed by atoms with Gasteiger partial charge in [-0.1, -0.05) is 60.3 Å². The normalized spacial score (nSPS) is 18.7. The first-order valence-corrected chi connectivity index (χ1v) is 15.7. The lowest BCUT2D eigenvalue weighted by Gasteiger charge is -2.23. The van der Waals surface area contributed by atoms with Gasteiger partial charge in [0.15, 0.2) is 5.17 Å². The highest BCUT2D eigenvalue weighted by molar-refractivity contribution is 8.15. The van der Waals surface area contributed by atoms with E-state index in [1.165, 1.54) is 33.7 Å². The number of thioether (sulfide) groups is 1. The van der Waals surface area contributed by atoms with Gasteiger partial charge < -0.3 is 10.1 Å². The minimum absolute atomic E-state index is 0.133. The zero-order valence-corrected chi connectivity index (χ0v) is 25.8. The SMILES string of the molecule is Cc1cnc(CN2C(=O)C(c3ccc(NC(=O)[C@H]4CCCN4C(=O)OCc4ccccc4)cc3)SC2=Nc2cccc(F)c2)cn1. The Labute approximate surface area is 269 Å². The van der Waals surface area contributed by atoms with Gasteiger partial charge in [0.1, 0.15) is 23.7 Å². The molecule has 6 rings (SSSR count). The first-order chi connectivity index (χ1) is 22.3. The third-order valence-electron chi connectivity index (χ3n) is 7.61. The van der Waals surface area contributed by atoms with E-state index in [1.54, 1.807) is 48.8 Å². The maximum Gasteiger partial charge on any atom is 0.410 e. The molecule has 4 aromatic rings. The Kier molecular flexibility index (Phi) is 9.34. The topological polar surface area (TPSA) is 117 Å². The van der Waals surface area contributed by atoms with Gasteiger partial charge in [-0.3, -0.25) is 29.4 Å². The number of aryl methyl sites for hydroxylation is 1. The Hall–Kier alpha value is -5.10. The number of ether oxygens (including phenoxy) is 1. The average molecular weight is 639 g/mol. The van der Waals surface area contributed by atoms with Crippen LogP contribution in [0.25, 0.3) is 0 Å². The lowest BCUT2D eigenvalue weighted by molar-refractivity contribution is -0.126. The monoisotopic (exact) mass is 638 g/mol. The van der Waals surface area contributed by atoms with E-state index >= 15 is 0 Å². The van der Waals surface area contributed by atoms with Gasteiger partial charge in [-0.15, -0.1) is 0 Å². The van der Waals surface area contributed by atoms with Crippen molar-refractivity contribution >= 4 is 46.2 Å². The number of hydrogen-bond donors (Lipinski definition) is 1. The fraction of sp³-hybridized carbons (Fsp3) is 0.235. The van der Waals surface area contributed by atoms with Gasteiger partial charge in [0, 0.05) is 18.4 Å². The molecule has 234 valence electrons. The lowest BCUT2D eigenvalue weighted by Crippen LogP contribution is -2.43. The Morgan fingerprint density at radius 1 is 1.04 bits per heavy atom. The number of amidine groups is 1. The second-order valence-electron chi connectivity index (χ2n) is 10.9. The van der Waals surface area contributed by atoms with E-state index in [4.69, 9.17) is 4.74 Å². The number of carbonyl (C=O) groups is 3. The summed E-state index contributed by atoms with van der Waals surface area (Å²) in [6.45, 7) is 2.56. The number of nitrogens with zero attached hydrogens (tertiary/aromatic N) is 5. The molecular weight excluding hydrogens is 607 g/mol. The lowest BCUT2D eigenvalue weighted by atomic mass is 10.1. The van der Waals surface area contributed by atoms with Crippen LogP contribution < -0.4 is 5.32 Å². The van der Waals surface area contributed by atoms with Gasteiger partial charge in [-0.05, 0) is 61.2 Å². The minimum atomic E-state index is -0.644. The minimum Gasteiger partial charge on any atom is -0.445 e. The summed E-state index contributed by atoms with van der Waals surface area (Å²) in [6, 6.07) is 21.6. The molecular formula is C34H31FN6O4S. The molecule has 3 amide bonds. The zero-order chi connectivity index (χ0) is 32.0. The van der Waals surface area contributed by atoms with Gasteiger partial charge in [0.25, 0.3) is 0 Å². The Morgan fingerprint density at radius 3 is 2.59 bits per heavy atom. The van der Waals surface area contributed by atoms with Crippen molar-refractivity contribution in [2.75, 3.05) is 11.9 Å². The van der Waals surface area contributed by atoms with Gasteiger partial charge in [0.2, 0.25) is 11.8 Å². The predicted molar refractivity (Wildman–Crippen MR) is 173 cm³/mol. The van der Waals surface area contributed by atoms with Gasteiger partial charge in [-0.25, -0.2) is 14.2 Å². The second kappa shape index (κ2) is 13.9. The summed E-state index contributed by atoms with van der Waals surface area (Å²) in [7, 11) is 0. The highest BCUT2D eigenvalue weighted by Gasteiger charge is 2.40. The van der Waals surface area contributed by atoms with Crippen molar-refractivity contribution in [3.05, 3.63) is 120 Å². The van der Waals surface area contributed by atoms with Crippen LogP contribution in [0.5, 0.6) is 0 Å². The number of carbonyl (C=O) groups excluding carboxylic acids is 3. The fourth-order valence-electron chi connectivity index (χ4n) is 5.24. The standard InChI is InChI=1S/C34H31FN6O4S/c1-22-18-37-28(19-36-22)20-41-32(43)30(46-33(41)39-27-10-5-9-25(35)17-27)24-12-14-26(15-13-24)38-31(42)29-11-6-16-40(29)34(44)45-21-23-7-3-2-4-8-23/h2-5,7-10,12-15,17-19,29-30H,6,11,16,20-21H2,1H3,(H,38,42)/t29-,30?/m1/s1. The number of hydrogen-bond acceptors (Lipinski definition) is 8. The number of aliphatic imine (C=N–C) groups is 1. The molecule has 2 saturated heterocycles. The largest absolute Gasteiger partial charge is 0.445 e. The summed E-state index contributed by atoms with van der Waals surface area (Å²) < 4.78 is 19.4. The first-order valence-electron chi connectivity index (χ1n) is 14.8. The number of rotatable bonds is 8. The van der Waals surface area contributed by atoms with Crippen molar-refractivity contribution in [1.29, 1.82) is 0 Å². The Bertz CT molecular complexity index is 1750. The first kappa shape index (κ1) is 30.9. The number of halogens is 1. The van der Waals surface area contributed by atoms with Crippen LogP contribution >= 0.6 is 11.8 Å². The van der Waals surface area contributed by atoms with E-state index in [2.05, 4.69) is 20.3 Å². The molecule has 2 aliphatic rings. The Balaban J connectivity index is 1.13. The average Bonchev–Trinajstić information content (AvgIpc) is 3.67. The molecule has 2 atom stereocenters. The highest BCUT2D eigenvalue weighted by Crippen LogP contribution is 2.41. The fourth-order valence-corrected chi connectivity index (χ4v) is 6.42. The molecule has 0 radical (unpaired) electrons. The van der Waals surface area contributed by atoms with Crippen molar-refractivity contribution in [2.24, 2.45) is 4.99 Å². The van der Waals surface area contributed by atoms with Crippen LogP contribution in [0.3, 0.4) is 0 Å². The summed E-state index contributed by atoms with van der Waals surface area (Å²) in [5.41, 5.74) is 3.86. The van der Waals surface area contributed by atoms with Crippen LogP contribution in [0.4, 0.5) is 20.6 Å². The highest BCUT2D eigenvalue weighted by atomic mass is 32.2. The maximum absolute atomic E-state index is 13.9. The quantitative estimate of drug-likeness (QED) is 0.245. The molecule has 10 nitrogen and oxygen atoms in total. The molecule has 1 aromatic heterocycles. The molecule has 1 N–H and O–H groups in total. The van der Waals surface area contributed by atoms with E-state index < -0.39 is 23.2 Å². The molecule has 46 heavy (non-hydrogen) atoms. The van der Waals surface area contributed by atoms with Crippen molar-refractivity contribution in [3.8, 4) is 0 Å². The van der Waals surface area contributed by atoms with Crippen LogP contribution in [0.2, 0.25) is 0 Å². The maximum atomic E-state index is 13.9. The molecule has 0 bridgehead atoms. The molecule has 3 heterocycles. The molecule has 2 fully saturated rings. The number of benzene rings is 3. The molecule has 0 aliphatic carbocycles. The number of nitrogens with one attached hydrogen (secondary N) is 1. The van der Waals surface area contributed by atoms with Gasteiger partial charge >= 0.3 is 6.09 Å². The van der Waals surface area contributed by atoms with Crippen molar-refractivity contribution < 1.29 is 23.5 Å². The van der Waals surface area contributed by atoms with Gasteiger partial charge in [0.05, 0.1) is 29.8 Å².